The van der Waals surface area contributed by atoms with Gasteiger partial charge in [0.25, 0.3) is 0 Å². The zero-order chi connectivity index (χ0) is 5.28. The summed E-state index contributed by atoms with van der Waals surface area (Å²) in [4.78, 5) is 0. The minimum Gasteiger partial charge on any atom is -0.412 e. The molecule has 2 atom stereocenters. The van der Waals surface area contributed by atoms with Crippen LogP contribution in [0.5, 0.6) is 0 Å². The van der Waals surface area contributed by atoms with Crippen molar-refractivity contribution in [2.45, 2.75) is 26.4 Å². The van der Waals surface area contributed by atoms with Crippen LogP contribution in [0.4, 0.5) is 0 Å². The van der Waals surface area contributed by atoms with Crippen LogP contribution in [-0.2, 0) is 4.74 Å². The van der Waals surface area contributed by atoms with Crippen LogP contribution >= 0.6 is 0 Å². The fourth-order valence-electron chi connectivity index (χ4n) is 0.875. The highest BCUT2D eigenvalue weighted by atomic mass is 16.5. The second kappa shape index (κ2) is 6.95. The average Bonchev–Trinajstić information content (AvgIpc) is 1.65. The predicted octanol–water partition coefficient (Wildman–Crippen LogP) is -0.0561. The van der Waals surface area contributed by atoms with Crippen molar-refractivity contribution in [3.05, 3.63) is 0 Å². The third kappa shape index (κ3) is 3.12. The standard InChI is InChI=1S/C6H12O.H3N.2H2O/c1-3-6-4-7-5(6)2;;;/h5-6H,3-4H2,1-2H3;1H3;2*1H2. The summed E-state index contributed by atoms with van der Waals surface area (Å²) in [5.74, 6) is 0.861. The molecule has 1 aliphatic heterocycles. The molecule has 7 N–H and O–H groups in total. The number of hydrogen-bond acceptors (Lipinski definition) is 2. The van der Waals surface area contributed by atoms with Gasteiger partial charge in [0.15, 0.2) is 0 Å². The molecule has 0 bridgehead atoms. The highest BCUT2D eigenvalue weighted by Gasteiger charge is 2.25. The lowest BCUT2D eigenvalue weighted by Crippen LogP contribution is -2.36. The number of ether oxygens (including phenoxy) is 1. The zero-order valence-corrected chi connectivity index (χ0v) is 6.68. The molecule has 4 heteroatoms. The third-order valence-corrected chi connectivity index (χ3v) is 1.76. The summed E-state index contributed by atoms with van der Waals surface area (Å²) in [6.07, 6.45) is 1.83. The fourth-order valence-corrected chi connectivity index (χ4v) is 0.875. The van der Waals surface area contributed by atoms with Crippen molar-refractivity contribution in [2.24, 2.45) is 5.92 Å². The molecule has 1 fully saturated rings. The van der Waals surface area contributed by atoms with Crippen molar-refractivity contribution in [1.82, 2.24) is 6.15 Å². The topological polar surface area (TPSA) is 107 Å². The van der Waals surface area contributed by atoms with Crippen LogP contribution < -0.4 is 6.15 Å². The molecule has 2 unspecified atom stereocenters. The molecule has 1 aliphatic rings. The van der Waals surface area contributed by atoms with Crippen molar-refractivity contribution < 1.29 is 15.7 Å². The second-order valence-corrected chi connectivity index (χ2v) is 2.21. The van der Waals surface area contributed by atoms with E-state index in [0.717, 1.165) is 12.5 Å². The molecule has 0 spiro atoms. The molecule has 0 radical (unpaired) electrons. The van der Waals surface area contributed by atoms with Gasteiger partial charge < -0.3 is 21.8 Å². The first-order valence-electron chi connectivity index (χ1n) is 2.96. The molecule has 0 aliphatic carbocycles. The lowest BCUT2D eigenvalue weighted by Gasteiger charge is -2.33. The van der Waals surface area contributed by atoms with Crippen molar-refractivity contribution in [3.8, 4) is 0 Å². The molecular formula is C6H19NO3. The van der Waals surface area contributed by atoms with E-state index in [0.29, 0.717) is 6.10 Å². The van der Waals surface area contributed by atoms with Crippen LogP contribution in [0.15, 0.2) is 0 Å². The SMILES string of the molecule is CCC1COC1C.N.O.O. The Labute approximate surface area is 61.8 Å². The van der Waals surface area contributed by atoms with E-state index in [-0.39, 0.29) is 17.1 Å². The molecule has 1 rings (SSSR count). The Bertz CT molecular complexity index is 68.0. The minimum absolute atomic E-state index is 0. The normalized spacial score (nSPS) is 28.2. The van der Waals surface area contributed by atoms with E-state index in [1.807, 2.05) is 0 Å². The molecule has 4 nitrogen and oxygen atoms in total. The lowest BCUT2D eigenvalue weighted by atomic mass is 9.97. The summed E-state index contributed by atoms with van der Waals surface area (Å²) in [6.45, 7) is 5.35. The summed E-state index contributed by atoms with van der Waals surface area (Å²) >= 11 is 0. The Morgan fingerprint density at radius 1 is 1.40 bits per heavy atom. The maximum Gasteiger partial charge on any atom is 0.0597 e. The first-order valence-corrected chi connectivity index (χ1v) is 2.96. The maximum atomic E-state index is 5.13. The van der Waals surface area contributed by atoms with Gasteiger partial charge in [-0.25, -0.2) is 0 Å². The van der Waals surface area contributed by atoms with Crippen molar-refractivity contribution in [2.75, 3.05) is 6.61 Å². The van der Waals surface area contributed by atoms with E-state index in [4.69, 9.17) is 4.74 Å². The summed E-state index contributed by atoms with van der Waals surface area (Å²) in [5, 5.41) is 0. The van der Waals surface area contributed by atoms with Crippen LogP contribution in [-0.4, -0.2) is 23.7 Å². The van der Waals surface area contributed by atoms with Gasteiger partial charge in [0.2, 0.25) is 0 Å². The zero-order valence-electron chi connectivity index (χ0n) is 6.68. The monoisotopic (exact) mass is 153 g/mol. The number of hydrogen-bond donors (Lipinski definition) is 1. The summed E-state index contributed by atoms with van der Waals surface area (Å²) < 4.78 is 5.13. The van der Waals surface area contributed by atoms with Crippen LogP contribution in [0.25, 0.3) is 0 Å². The van der Waals surface area contributed by atoms with E-state index in [9.17, 15) is 0 Å². The lowest BCUT2D eigenvalue weighted by molar-refractivity contribution is -0.103. The van der Waals surface area contributed by atoms with E-state index >= 15 is 0 Å². The smallest absolute Gasteiger partial charge is 0.0597 e. The van der Waals surface area contributed by atoms with E-state index < -0.39 is 0 Å². The Kier molecular flexibility index (Phi) is 11.4. The summed E-state index contributed by atoms with van der Waals surface area (Å²) in [5.41, 5.74) is 0. The van der Waals surface area contributed by atoms with Gasteiger partial charge in [-0.2, -0.15) is 0 Å². The van der Waals surface area contributed by atoms with Crippen molar-refractivity contribution >= 4 is 0 Å². The van der Waals surface area contributed by atoms with Crippen LogP contribution in [0.2, 0.25) is 0 Å². The number of rotatable bonds is 1. The van der Waals surface area contributed by atoms with Gasteiger partial charge >= 0.3 is 0 Å². The quantitative estimate of drug-likeness (QED) is 0.569. The fraction of sp³-hybridized carbons (Fsp3) is 1.00. The minimum atomic E-state index is 0. The molecule has 10 heavy (non-hydrogen) atoms. The predicted molar refractivity (Wildman–Crippen MR) is 41.4 cm³/mol. The van der Waals surface area contributed by atoms with Gasteiger partial charge in [-0.1, -0.05) is 6.92 Å². The highest BCUT2D eigenvalue weighted by molar-refractivity contribution is 4.72. The van der Waals surface area contributed by atoms with Gasteiger partial charge in [-0.15, -0.1) is 0 Å². The van der Waals surface area contributed by atoms with Gasteiger partial charge in [-0.3, -0.25) is 0 Å². The molecule has 1 saturated heterocycles. The Morgan fingerprint density at radius 2 is 1.90 bits per heavy atom. The van der Waals surface area contributed by atoms with E-state index in [1.54, 1.807) is 0 Å². The largest absolute Gasteiger partial charge is 0.412 e. The highest BCUT2D eigenvalue weighted by Crippen LogP contribution is 2.21. The van der Waals surface area contributed by atoms with E-state index in [1.165, 1.54) is 6.42 Å². The van der Waals surface area contributed by atoms with Gasteiger partial charge in [0.1, 0.15) is 0 Å². The Balaban J connectivity index is -0.000000163. The average molecular weight is 153 g/mol. The Morgan fingerprint density at radius 3 is 1.90 bits per heavy atom. The molecule has 1 heterocycles. The van der Waals surface area contributed by atoms with Crippen LogP contribution in [0, 0.1) is 5.92 Å². The van der Waals surface area contributed by atoms with Gasteiger partial charge in [0.05, 0.1) is 12.7 Å². The molecule has 0 amide bonds. The van der Waals surface area contributed by atoms with Gasteiger partial charge in [0, 0.05) is 5.92 Å². The summed E-state index contributed by atoms with van der Waals surface area (Å²) in [6, 6.07) is 0. The maximum absolute atomic E-state index is 5.13. The first-order chi connectivity index (χ1) is 3.34. The van der Waals surface area contributed by atoms with Crippen LogP contribution in [0.1, 0.15) is 20.3 Å². The van der Waals surface area contributed by atoms with Crippen molar-refractivity contribution in [3.63, 3.8) is 0 Å². The third-order valence-electron chi connectivity index (χ3n) is 1.76. The molecule has 0 aromatic heterocycles. The molecule has 0 saturated carbocycles. The summed E-state index contributed by atoms with van der Waals surface area (Å²) in [7, 11) is 0. The van der Waals surface area contributed by atoms with Gasteiger partial charge in [-0.05, 0) is 13.3 Å². The molecule has 66 valence electrons. The van der Waals surface area contributed by atoms with Crippen LogP contribution in [0.3, 0.4) is 0 Å². The second-order valence-electron chi connectivity index (χ2n) is 2.21. The first kappa shape index (κ1) is 16.4. The molecular weight excluding hydrogens is 134 g/mol. The molecule has 0 aromatic carbocycles. The Hall–Kier alpha value is -0.160. The van der Waals surface area contributed by atoms with E-state index in [2.05, 4.69) is 13.8 Å². The van der Waals surface area contributed by atoms with Crippen molar-refractivity contribution in [1.29, 1.82) is 0 Å². The molecule has 0 aromatic rings.